The molecule has 0 radical (unpaired) electrons. The molecule has 1 aliphatic rings. The van der Waals surface area contributed by atoms with Gasteiger partial charge in [-0.3, -0.25) is 9.67 Å². The number of aliphatic imine (C=N–C) groups is 1. The van der Waals surface area contributed by atoms with Gasteiger partial charge in [-0.2, -0.15) is 16.9 Å². The average Bonchev–Trinajstić information content (AvgIpc) is 2.99. The summed E-state index contributed by atoms with van der Waals surface area (Å²) in [4.78, 5) is 10.6. The number of aromatic nitrogens is 3. The lowest BCUT2D eigenvalue weighted by atomic mass is 10.5. The molecule has 1 aromatic heterocycles. The van der Waals surface area contributed by atoms with E-state index in [-0.39, 0.29) is 12.3 Å². The van der Waals surface area contributed by atoms with Crippen LogP contribution in [0.1, 0.15) is 12.7 Å². The molecule has 1 saturated heterocycles. The van der Waals surface area contributed by atoms with Gasteiger partial charge in [0.15, 0.2) is 5.96 Å². The van der Waals surface area contributed by atoms with Crippen molar-refractivity contribution in [2.24, 2.45) is 12.0 Å². The standard InChI is InChI=1S/C14H27N7O2S2/c1-4-15-14(19(2)11-13-17-12-18-20(13)3)16-5-10-25(22,23)21-6-8-24-9-7-21/h12H,4-11H2,1-3H3,(H,15,16). The zero-order valence-electron chi connectivity index (χ0n) is 15.1. The van der Waals surface area contributed by atoms with Gasteiger partial charge in [-0.05, 0) is 6.92 Å². The van der Waals surface area contributed by atoms with Gasteiger partial charge in [0, 0.05) is 45.2 Å². The van der Waals surface area contributed by atoms with Gasteiger partial charge in [0.1, 0.15) is 12.2 Å². The second-order valence-electron chi connectivity index (χ2n) is 5.72. The molecule has 2 heterocycles. The van der Waals surface area contributed by atoms with Gasteiger partial charge in [-0.15, -0.1) is 0 Å². The number of guanidine groups is 1. The largest absolute Gasteiger partial charge is 0.357 e. The molecule has 25 heavy (non-hydrogen) atoms. The summed E-state index contributed by atoms with van der Waals surface area (Å²) < 4.78 is 28.1. The van der Waals surface area contributed by atoms with Crippen LogP contribution in [-0.4, -0.2) is 88.8 Å². The maximum Gasteiger partial charge on any atom is 0.215 e. The number of hydrogen-bond donors (Lipinski definition) is 1. The molecule has 9 nitrogen and oxygen atoms in total. The SMILES string of the molecule is CCNC(=NCCS(=O)(=O)N1CCSCC1)N(C)Cc1ncnn1C. The average molecular weight is 390 g/mol. The minimum absolute atomic E-state index is 0.0321. The van der Waals surface area contributed by atoms with Crippen LogP contribution in [0.3, 0.4) is 0 Å². The van der Waals surface area contributed by atoms with E-state index in [0.717, 1.165) is 17.3 Å². The number of hydrogen-bond acceptors (Lipinski definition) is 6. The number of sulfonamides is 1. The molecule has 0 spiro atoms. The monoisotopic (exact) mass is 389 g/mol. The first kappa shape index (κ1) is 20.0. The lowest BCUT2D eigenvalue weighted by molar-refractivity contribution is 0.441. The summed E-state index contributed by atoms with van der Waals surface area (Å²) in [5.74, 6) is 3.24. The first-order valence-electron chi connectivity index (χ1n) is 8.32. The number of rotatable bonds is 7. The highest BCUT2D eigenvalue weighted by molar-refractivity contribution is 7.99. The van der Waals surface area contributed by atoms with E-state index in [2.05, 4.69) is 20.4 Å². The molecule has 0 amide bonds. The molecule has 0 saturated carbocycles. The van der Waals surface area contributed by atoms with Crippen LogP contribution in [0.2, 0.25) is 0 Å². The highest BCUT2D eigenvalue weighted by Crippen LogP contribution is 2.13. The molecule has 2 rings (SSSR count). The van der Waals surface area contributed by atoms with E-state index in [1.807, 2.05) is 25.9 Å². The van der Waals surface area contributed by atoms with Crippen molar-refractivity contribution in [3.05, 3.63) is 12.2 Å². The van der Waals surface area contributed by atoms with Crippen LogP contribution < -0.4 is 5.32 Å². The van der Waals surface area contributed by atoms with Gasteiger partial charge >= 0.3 is 0 Å². The predicted molar refractivity (Wildman–Crippen MR) is 101 cm³/mol. The van der Waals surface area contributed by atoms with Gasteiger partial charge in [-0.1, -0.05) is 0 Å². The van der Waals surface area contributed by atoms with Crippen molar-refractivity contribution < 1.29 is 8.42 Å². The van der Waals surface area contributed by atoms with Crippen molar-refractivity contribution in [2.75, 3.05) is 50.5 Å². The summed E-state index contributed by atoms with van der Waals surface area (Å²) >= 11 is 1.79. The predicted octanol–water partition coefficient (Wildman–Crippen LogP) is -0.409. The summed E-state index contributed by atoms with van der Waals surface area (Å²) in [7, 11) is 0.496. The molecule has 0 aromatic carbocycles. The van der Waals surface area contributed by atoms with Crippen LogP contribution in [0.25, 0.3) is 0 Å². The Hall–Kier alpha value is -1.33. The van der Waals surface area contributed by atoms with Gasteiger partial charge in [0.25, 0.3) is 0 Å². The topological polar surface area (TPSA) is 95.7 Å². The maximum absolute atomic E-state index is 12.4. The van der Waals surface area contributed by atoms with E-state index in [4.69, 9.17) is 0 Å². The summed E-state index contributed by atoms with van der Waals surface area (Å²) in [5.41, 5.74) is 0. The molecule has 1 aliphatic heterocycles. The lowest BCUT2D eigenvalue weighted by Gasteiger charge is -2.25. The van der Waals surface area contributed by atoms with E-state index in [0.29, 0.717) is 32.1 Å². The second kappa shape index (κ2) is 9.39. The van der Waals surface area contributed by atoms with Gasteiger partial charge in [0.2, 0.25) is 10.0 Å². The van der Waals surface area contributed by atoms with E-state index in [9.17, 15) is 8.42 Å². The van der Waals surface area contributed by atoms with Crippen molar-refractivity contribution in [3.8, 4) is 0 Å². The van der Waals surface area contributed by atoms with Crippen molar-refractivity contribution in [3.63, 3.8) is 0 Å². The normalized spacial score (nSPS) is 16.8. The third kappa shape index (κ3) is 5.86. The molecule has 142 valence electrons. The Kier molecular flexibility index (Phi) is 7.51. The fourth-order valence-corrected chi connectivity index (χ4v) is 4.89. The zero-order valence-corrected chi connectivity index (χ0v) is 16.7. The third-order valence-electron chi connectivity index (χ3n) is 3.85. The quantitative estimate of drug-likeness (QED) is 0.500. The molecular weight excluding hydrogens is 362 g/mol. The van der Waals surface area contributed by atoms with Crippen LogP contribution in [0.5, 0.6) is 0 Å². The number of nitrogens with one attached hydrogen (secondary N) is 1. The highest BCUT2D eigenvalue weighted by Gasteiger charge is 2.23. The van der Waals surface area contributed by atoms with Crippen molar-refractivity contribution >= 4 is 27.7 Å². The van der Waals surface area contributed by atoms with Crippen molar-refractivity contribution in [2.45, 2.75) is 13.5 Å². The lowest BCUT2D eigenvalue weighted by Crippen LogP contribution is -2.41. The summed E-state index contributed by atoms with van der Waals surface area (Å²) in [6, 6.07) is 0. The van der Waals surface area contributed by atoms with Crippen LogP contribution in [0.15, 0.2) is 11.3 Å². The molecule has 0 atom stereocenters. The Balaban J connectivity index is 1.95. The first-order valence-corrected chi connectivity index (χ1v) is 11.1. The molecule has 0 aliphatic carbocycles. The molecule has 1 N–H and O–H groups in total. The van der Waals surface area contributed by atoms with Gasteiger partial charge in [0.05, 0.1) is 18.8 Å². The van der Waals surface area contributed by atoms with Gasteiger partial charge in [-0.25, -0.2) is 17.7 Å². The van der Waals surface area contributed by atoms with Crippen LogP contribution >= 0.6 is 11.8 Å². The summed E-state index contributed by atoms with van der Waals surface area (Å²) in [5, 5.41) is 7.24. The summed E-state index contributed by atoms with van der Waals surface area (Å²) in [6.07, 6.45) is 1.51. The Morgan fingerprint density at radius 3 is 2.76 bits per heavy atom. The van der Waals surface area contributed by atoms with Crippen LogP contribution in [0.4, 0.5) is 0 Å². The Bertz CT molecular complexity index is 668. The smallest absolute Gasteiger partial charge is 0.215 e. The fourth-order valence-electron chi connectivity index (χ4n) is 2.44. The van der Waals surface area contributed by atoms with Crippen molar-refractivity contribution in [1.29, 1.82) is 0 Å². The molecule has 11 heteroatoms. The number of aryl methyl sites for hydroxylation is 1. The Morgan fingerprint density at radius 2 is 2.16 bits per heavy atom. The molecule has 1 fully saturated rings. The maximum atomic E-state index is 12.4. The fraction of sp³-hybridized carbons (Fsp3) is 0.786. The Morgan fingerprint density at radius 1 is 1.44 bits per heavy atom. The molecule has 1 aromatic rings. The van der Waals surface area contributed by atoms with E-state index in [1.165, 1.54) is 6.33 Å². The van der Waals surface area contributed by atoms with E-state index >= 15 is 0 Å². The first-order chi connectivity index (χ1) is 11.9. The Labute approximate surface area is 153 Å². The minimum atomic E-state index is -3.24. The van der Waals surface area contributed by atoms with Gasteiger partial charge < -0.3 is 10.2 Å². The van der Waals surface area contributed by atoms with E-state index in [1.54, 1.807) is 20.7 Å². The van der Waals surface area contributed by atoms with Crippen LogP contribution in [-0.2, 0) is 23.6 Å². The molecule has 0 bridgehead atoms. The number of thioether (sulfide) groups is 1. The second-order valence-corrected chi connectivity index (χ2v) is 9.03. The molecular formula is C14H27N7O2S2. The molecule has 0 unspecified atom stereocenters. The van der Waals surface area contributed by atoms with E-state index < -0.39 is 10.0 Å². The highest BCUT2D eigenvalue weighted by atomic mass is 32.2. The number of nitrogens with zero attached hydrogens (tertiary/aromatic N) is 6. The van der Waals surface area contributed by atoms with Crippen molar-refractivity contribution in [1.82, 2.24) is 29.3 Å². The zero-order chi connectivity index (χ0) is 18.3. The van der Waals surface area contributed by atoms with Crippen LogP contribution in [0, 0.1) is 0 Å². The summed E-state index contributed by atoms with van der Waals surface area (Å²) in [6.45, 7) is 4.66. The minimum Gasteiger partial charge on any atom is -0.357 e. The third-order valence-corrected chi connectivity index (χ3v) is 6.65.